The largest absolute Gasteiger partial charge is 0.328 e. The summed E-state index contributed by atoms with van der Waals surface area (Å²) >= 11 is 3.47. The lowest BCUT2D eigenvalue weighted by Gasteiger charge is -2.25. The maximum Gasteiger partial charge on any atom is 0.00390 e. The van der Waals surface area contributed by atoms with Crippen LogP contribution in [-0.2, 0) is 0 Å². The topological polar surface area (TPSA) is 26.0 Å². The highest BCUT2D eigenvalue weighted by Crippen LogP contribution is 2.25. The Morgan fingerprint density at radius 1 is 1.20 bits per heavy atom. The van der Waals surface area contributed by atoms with Crippen LogP contribution in [0.4, 0.5) is 0 Å². The Bertz CT molecular complexity index is 87.3. The van der Waals surface area contributed by atoms with Gasteiger partial charge in [0, 0.05) is 11.4 Å². The molecule has 0 unspecified atom stereocenters. The number of hydrogen-bond acceptors (Lipinski definition) is 1. The van der Waals surface area contributed by atoms with Crippen molar-refractivity contribution in [3.63, 3.8) is 0 Å². The maximum absolute atomic E-state index is 5.78. The summed E-state index contributed by atoms with van der Waals surface area (Å²) in [6, 6.07) is 0.506. The second kappa shape index (κ2) is 4.35. The molecule has 0 spiro atoms. The molecule has 1 nitrogen and oxygen atoms in total. The standard InChI is InChI=1S/C8H16BrN/c9-6-5-7-1-3-8(10)4-2-7/h7-8H,1-6,10H2/t7-,8-. The molecule has 10 heavy (non-hydrogen) atoms. The van der Waals surface area contributed by atoms with E-state index in [-0.39, 0.29) is 0 Å². The fourth-order valence-electron chi connectivity index (χ4n) is 1.63. The summed E-state index contributed by atoms with van der Waals surface area (Å²) in [7, 11) is 0. The van der Waals surface area contributed by atoms with Crippen molar-refractivity contribution in [3.8, 4) is 0 Å². The minimum atomic E-state index is 0.506. The van der Waals surface area contributed by atoms with E-state index in [2.05, 4.69) is 15.9 Å². The first-order valence-electron chi connectivity index (χ1n) is 4.14. The zero-order valence-corrected chi connectivity index (χ0v) is 7.94. The van der Waals surface area contributed by atoms with E-state index in [9.17, 15) is 0 Å². The summed E-state index contributed by atoms with van der Waals surface area (Å²) in [5, 5.41) is 1.16. The minimum absolute atomic E-state index is 0.506. The van der Waals surface area contributed by atoms with Crippen LogP contribution in [0.25, 0.3) is 0 Å². The van der Waals surface area contributed by atoms with Crippen LogP contribution in [0, 0.1) is 5.92 Å². The summed E-state index contributed by atoms with van der Waals surface area (Å²) in [6.07, 6.45) is 6.54. The van der Waals surface area contributed by atoms with Crippen molar-refractivity contribution in [2.45, 2.75) is 38.1 Å². The smallest absolute Gasteiger partial charge is 0.00390 e. The monoisotopic (exact) mass is 205 g/mol. The third-order valence-corrected chi connectivity index (χ3v) is 2.87. The molecule has 2 heteroatoms. The van der Waals surface area contributed by atoms with Crippen molar-refractivity contribution in [1.29, 1.82) is 0 Å². The first kappa shape index (κ1) is 8.54. The van der Waals surface area contributed by atoms with E-state index in [1.165, 1.54) is 32.1 Å². The van der Waals surface area contributed by atoms with Gasteiger partial charge in [-0.1, -0.05) is 15.9 Å². The van der Waals surface area contributed by atoms with Gasteiger partial charge < -0.3 is 5.73 Å². The predicted octanol–water partition coefficient (Wildman–Crippen LogP) is 2.29. The molecule has 0 atom stereocenters. The number of alkyl halides is 1. The fraction of sp³-hybridized carbons (Fsp3) is 1.00. The van der Waals surface area contributed by atoms with Crippen molar-refractivity contribution in [2.75, 3.05) is 5.33 Å². The lowest BCUT2D eigenvalue weighted by Crippen LogP contribution is -2.26. The number of rotatable bonds is 2. The van der Waals surface area contributed by atoms with Gasteiger partial charge in [0.15, 0.2) is 0 Å². The molecule has 1 fully saturated rings. The van der Waals surface area contributed by atoms with E-state index in [1.54, 1.807) is 0 Å². The highest BCUT2D eigenvalue weighted by molar-refractivity contribution is 9.09. The summed E-state index contributed by atoms with van der Waals surface area (Å²) in [6.45, 7) is 0. The van der Waals surface area contributed by atoms with Gasteiger partial charge in [-0.15, -0.1) is 0 Å². The van der Waals surface area contributed by atoms with Gasteiger partial charge in [0.1, 0.15) is 0 Å². The zero-order chi connectivity index (χ0) is 7.40. The molecule has 0 heterocycles. The van der Waals surface area contributed by atoms with Gasteiger partial charge in [0.2, 0.25) is 0 Å². The molecule has 1 rings (SSSR count). The SMILES string of the molecule is N[C@H]1CC[C@H](CCBr)CC1. The molecule has 0 aromatic carbocycles. The van der Waals surface area contributed by atoms with E-state index in [0.717, 1.165) is 11.2 Å². The van der Waals surface area contributed by atoms with Crippen molar-refractivity contribution in [2.24, 2.45) is 11.7 Å². The van der Waals surface area contributed by atoms with E-state index in [0.29, 0.717) is 6.04 Å². The predicted molar refractivity (Wildman–Crippen MR) is 48.3 cm³/mol. The van der Waals surface area contributed by atoms with Gasteiger partial charge >= 0.3 is 0 Å². The molecule has 0 aromatic heterocycles. The summed E-state index contributed by atoms with van der Waals surface area (Å²) in [5.41, 5.74) is 5.78. The summed E-state index contributed by atoms with van der Waals surface area (Å²) in [4.78, 5) is 0. The summed E-state index contributed by atoms with van der Waals surface area (Å²) < 4.78 is 0. The highest BCUT2D eigenvalue weighted by atomic mass is 79.9. The van der Waals surface area contributed by atoms with Crippen LogP contribution in [-0.4, -0.2) is 11.4 Å². The Hall–Kier alpha value is 0.440. The number of nitrogens with two attached hydrogens (primary N) is 1. The molecule has 1 aliphatic carbocycles. The van der Waals surface area contributed by atoms with Crippen molar-refractivity contribution >= 4 is 15.9 Å². The quantitative estimate of drug-likeness (QED) is 0.689. The molecule has 2 N–H and O–H groups in total. The average Bonchev–Trinajstić information content (AvgIpc) is 1.95. The average molecular weight is 206 g/mol. The molecule has 0 aliphatic heterocycles. The molecule has 0 amide bonds. The lowest BCUT2D eigenvalue weighted by molar-refractivity contribution is 0.321. The molecular weight excluding hydrogens is 190 g/mol. The molecule has 1 saturated carbocycles. The van der Waals surface area contributed by atoms with Crippen molar-refractivity contribution in [1.82, 2.24) is 0 Å². The van der Waals surface area contributed by atoms with E-state index in [4.69, 9.17) is 5.73 Å². The van der Waals surface area contributed by atoms with Crippen molar-refractivity contribution < 1.29 is 0 Å². The van der Waals surface area contributed by atoms with Gasteiger partial charge in [-0.05, 0) is 38.0 Å². The van der Waals surface area contributed by atoms with Crippen LogP contribution in [0.3, 0.4) is 0 Å². The number of hydrogen-bond donors (Lipinski definition) is 1. The van der Waals surface area contributed by atoms with Crippen LogP contribution in [0.15, 0.2) is 0 Å². The van der Waals surface area contributed by atoms with Crippen LogP contribution >= 0.6 is 15.9 Å². The van der Waals surface area contributed by atoms with E-state index < -0.39 is 0 Å². The Morgan fingerprint density at radius 3 is 2.30 bits per heavy atom. The van der Waals surface area contributed by atoms with Gasteiger partial charge in [0.05, 0.1) is 0 Å². The van der Waals surface area contributed by atoms with Crippen LogP contribution in [0.5, 0.6) is 0 Å². The second-order valence-corrected chi connectivity index (χ2v) is 4.05. The third kappa shape index (κ3) is 2.59. The normalized spacial score (nSPS) is 34.2. The Labute approximate surface area is 71.5 Å². The first-order valence-corrected chi connectivity index (χ1v) is 5.26. The van der Waals surface area contributed by atoms with Crippen LogP contribution in [0.2, 0.25) is 0 Å². The Morgan fingerprint density at radius 2 is 1.80 bits per heavy atom. The van der Waals surface area contributed by atoms with E-state index in [1.807, 2.05) is 0 Å². The fourth-order valence-corrected chi connectivity index (χ4v) is 2.28. The molecule has 1 aliphatic rings. The van der Waals surface area contributed by atoms with E-state index >= 15 is 0 Å². The zero-order valence-electron chi connectivity index (χ0n) is 6.35. The number of halogens is 1. The third-order valence-electron chi connectivity index (χ3n) is 2.41. The van der Waals surface area contributed by atoms with Gasteiger partial charge in [-0.3, -0.25) is 0 Å². The Balaban J connectivity index is 2.13. The van der Waals surface area contributed by atoms with Gasteiger partial charge in [-0.25, -0.2) is 0 Å². The molecule has 0 bridgehead atoms. The second-order valence-electron chi connectivity index (χ2n) is 3.26. The van der Waals surface area contributed by atoms with Gasteiger partial charge in [0.25, 0.3) is 0 Å². The Kier molecular flexibility index (Phi) is 3.71. The molecule has 0 saturated heterocycles. The molecular formula is C8H16BrN. The minimum Gasteiger partial charge on any atom is -0.328 e. The molecule has 0 radical (unpaired) electrons. The molecule has 0 aromatic rings. The van der Waals surface area contributed by atoms with Crippen molar-refractivity contribution in [3.05, 3.63) is 0 Å². The van der Waals surface area contributed by atoms with Crippen LogP contribution < -0.4 is 5.73 Å². The first-order chi connectivity index (χ1) is 4.83. The van der Waals surface area contributed by atoms with Gasteiger partial charge in [-0.2, -0.15) is 0 Å². The highest BCUT2D eigenvalue weighted by Gasteiger charge is 2.17. The summed E-state index contributed by atoms with van der Waals surface area (Å²) in [5.74, 6) is 0.958. The molecule has 60 valence electrons. The van der Waals surface area contributed by atoms with Crippen LogP contribution in [0.1, 0.15) is 32.1 Å². The lowest BCUT2D eigenvalue weighted by atomic mass is 9.85. The maximum atomic E-state index is 5.78.